The molecule has 1 aliphatic heterocycles. The lowest BCUT2D eigenvalue weighted by Crippen LogP contribution is -2.29. The summed E-state index contributed by atoms with van der Waals surface area (Å²) in [5.41, 5.74) is 2.86. The van der Waals surface area contributed by atoms with Gasteiger partial charge in [-0.2, -0.15) is 0 Å². The minimum Gasteiger partial charge on any atom is -0.377 e. The van der Waals surface area contributed by atoms with Gasteiger partial charge in [0.2, 0.25) is 0 Å². The third kappa shape index (κ3) is 2.53. The Kier molecular flexibility index (Phi) is 3.49. The van der Waals surface area contributed by atoms with Crippen molar-refractivity contribution < 1.29 is 9.85 Å². The van der Waals surface area contributed by atoms with Gasteiger partial charge < -0.3 is 5.32 Å². The molecule has 2 aromatic carbocycles. The Bertz CT molecular complexity index is 892. The maximum absolute atomic E-state index is 11.1. The van der Waals surface area contributed by atoms with Gasteiger partial charge in [0.1, 0.15) is 0 Å². The van der Waals surface area contributed by atoms with Crippen molar-refractivity contribution in [2.75, 3.05) is 5.32 Å². The summed E-state index contributed by atoms with van der Waals surface area (Å²) in [5, 5.41) is 25.3. The van der Waals surface area contributed by atoms with Crippen molar-refractivity contribution >= 4 is 17.1 Å². The molecule has 0 radical (unpaired) electrons. The maximum Gasteiger partial charge on any atom is 0.271 e. The Balaban J connectivity index is 1.74. The zero-order valence-corrected chi connectivity index (χ0v) is 13.2. The Morgan fingerprint density at radius 1 is 0.960 bits per heavy atom. The summed E-state index contributed by atoms with van der Waals surface area (Å²) in [6, 6.07) is 11.4. The molecule has 0 bridgehead atoms. The van der Waals surface area contributed by atoms with E-state index in [0.717, 1.165) is 23.2 Å². The van der Waals surface area contributed by atoms with Crippen molar-refractivity contribution in [3.05, 3.63) is 86.0 Å². The average Bonchev–Trinajstić information content (AvgIpc) is 3.10. The second-order valence-electron chi connectivity index (χ2n) is 6.35. The number of hydrogen-bond acceptors (Lipinski definition) is 5. The largest absolute Gasteiger partial charge is 0.377 e. The molecule has 0 saturated heterocycles. The van der Waals surface area contributed by atoms with Crippen LogP contribution in [0.1, 0.15) is 29.5 Å². The number of nitrogens with one attached hydrogen (secondary N) is 1. The van der Waals surface area contributed by atoms with E-state index in [2.05, 4.69) is 17.5 Å². The first kappa shape index (κ1) is 15.3. The molecule has 7 heteroatoms. The molecule has 2 aliphatic rings. The zero-order valence-electron chi connectivity index (χ0n) is 13.2. The SMILES string of the molecule is O=[N+]([O-])c1ccc([C@@H]2Nc3cc([N+](=O)[O-])ccc3[C@@H]3C=CC[C@H]32)cc1. The smallest absolute Gasteiger partial charge is 0.271 e. The van der Waals surface area contributed by atoms with Gasteiger partial charge in [-0.1, -0.05) is 24.3 Å². The van der Waals surface area contributed by atoms with E-state index in [1.807, 2.05) is 6.07 Å². The molecule has 3 atom stereocenters. The first-order valence-electron chi connectivity index (χ1n) is 8.00. The van der Waals surface area contributed by atoms with Crippen molar-refractivity contribution in [3.63, 3.8) is 0 Å². The normalized spacial score (nSPS) is 23.4. The van der Waals surface area contributed by atoms with Gasteiger partial charge in [-0.25, -0.2) is 0 Å². The number of non-ortho nitro benzene ring substituents is 2. The highest BCUT2D eigenvalue weighted by Crippen LogP contribution is 2.50. The molecule has 2 aromatic rings. The molecular formula is C18H15N3O4. The molecule has 1 aliphatic carbocycles. The van der Waals surface area contributed by atoms with Crippen LogP contribution in [0.4, 0.5) is 17.1 Å². The summed E-state index contributed by atoms with van der Waals surface area (Å²) in [4.78, 5) is 21.1. The minimum atomic E-state index is -0.420. The molecule has 4 rings (SSSR count). The number of nitro groups is 2. The van der Waals surface area contributed by atoms with Gasteiger partial charge in [-0.3, -0.25) is 20.2 Å². The number of benzene rings is 2. The minimum absolute atomic E-state index is 0.0460. The number of rotatable bonds is 3. The van der Waals surface area contributed by atoms with Gasteiger partial charge in [0.25, 0.3) is 11.4 Å². The van der Waals surface area contributed by atoms with Crippen molar-refractivity contribution in [2.45, 2.75) is 18.4 Å². The Hall–Kier alpha value is -3.22. The number of hydrogen-bond donors (Lipinski definition) is 1. The number of allylic oxidation sites excluding steroid dienone is 2. The summed E-state index contributed by atoms with van der Waals surface area (Å²) < 4.78 is 0. The lowest BCUT2D eigenvalue weighted by atomic mass is 9.77. The van der Waals surface area contributed by atoms with Crippen molar-refractivity contribution in [3.8, 4) is 0 Å². The van der Waals surface area contributed by atoms with E-state index in [0.29, 0.717) is 0 Å². The molecule has 126 valence electrons. The highest BCUT2D eigenvalue weighted by molar-refractivity contribution is 5.63. The van der Waals surface area contributed by atoms with Gasteiger partial charge in [0.05, 0.1) is 15.9 Å². The van der Waals surface area contributed by atoms with E-state index in [9.17, 15) is 20.2 Å². The van der Waals surface area contributed by atoms with E-state index in [1.165, 1.54) is 18.2 Å². The average molecular weight is 337 g/mol. The van der Waals surface area contributed by atoms with Crippen molar-refractivity contribution in [1.29, 1.82) is 0 Å². The summed E-state index contributed by atoms with van der Waals surface area (Å²) in [6.45, 7) is 0. The van der Waals surface area contributed by atoms with Crippen LogP contribution >= 0.6 is 0 Å². The molecule has 0 aromatic heterocycles. The monoisotopic (exact) mass is 337 g/mol. The summed E-state index contributed by atoms with van der Waals surface area (Å²) in [5.74, 6) is 0.479. The Morgan fingerprint density at radius 2 is 1.64 bits per heavy atom. The molecule has 1 N–H and O–H groups in total. The number of anilines is 1. The van der Waals surface area contributed by atoms with Crippen LogP contribution in [0.5, 0.6) is 0 Å². The van der Waals surface area contributed by atoms with Crippen LogP contribution < -0.4 is 5.32 Å². The molecule has 0 amide bonds. The van der Waals surface area contributed by atoms with Crippen LogP contribution in [0.15, 0.2) is 54.6 Å². The third-order valence-electron chi connectivity index (χ3n) is 5.02. The predicted octanol–water partition coefficient (Wildman–Crippen LogP) is 4.33. The fraction of sp³-hybridized carbons (Fsp3) is 0.222. The molecule has 1 heterocycles. The topological polar surface area (TPSA) is 98.3 Å². The zero-order chi connectivity index (χ0) is 17.6. The molecule has 0 saturated carbocycles. The molecule has 0 unspecified atom stereocenters. The standard InChI is InChI=1S/C18H15N3O4/c22-20(23)12-6-4-11(5-7-12)18-16-3-1-2-14(16)15-9-8-13(21(24)25)10-17(15)19-18/h1-2,4-10,14,16,18-19H,3H2/t14-,16+,18-/m0/s1. The highest BCUT2D eigenvalue weighted by atomic mass is 16.6. The van der Waals surface area contributed by atoms with E-state index in [1.54, 1.807) is 18.2 Å². The number of nitrogens with zero attached hydrogens (tertiary/aromatic N) is 2. The van der Waals surface area contributed by atoms with Crippen LogP contribution in [-0.4, -0.2) is 9.85 Å². The lowest BCUT2D eigenvalue weighted by Gasteiger charge is -2.37. The van der Waals surface area contributed by atoms with E-state index < -0.39 is 9.85 Å². The highest BCUT2D eigenvalue weighted by Gasteiger charge is 2.38. The lowest BCUT2D eigenvalue weighted by molar-refractivity contribution is -0.385. The van der Waals surface area contributed by atoms with E-state index in [-0.39, 0.29) is 29.3 Å². The maximum atomic E-state index is 11.1. The van der Waals surface area contributed by atoms with Crippen LogP contribution in [0.2, 0.25) is 0 Å². The molecule has 7 nitrogen and oxygen atoms in total. The van der Waals surface area contributed by atoms with Gasteiger partial charge in [-0.05, 0) is 29.5 Å². The van der Waals surface area contributed by atoms with Crippen molar-refractivity contribution in [2.24, 2.45) is 5.92 Å². The quantitative estimate of drug-likeness (QED) is 0.510. The fourth-order valence-corrected chi connectivity index (χ4v) is 3.83. The number of fused-ring (bicyclic) bond motifs is 3. The van der Waals surface area contributed by atoms with Gasteiger partial charge in [0, 0.05) is 35.9 Å². The number of nitro benzene ring substituents is 2. The Labute approximate surface area is 143 Å². The van der Waals surface area contributed by atoms with Crippen molar-refractivity contribution in [1.82, 2.24) is 0 Å². The van der Waals surface area contributed by atoms with E-state index in [4.69, 9.17) is 0 Å². The summed E-state index contributed by atoms with van der Waals surface area (Å²) in [7, 11) is 0. The van der Waals surface area contributed by atoms with Crippen LogP contribution in [0.25, 0.3) is 0 Å². The molecule has 0 spiro atoms. The first-order valence-corrected chi connectivity index (χ1v) is 8.00. The van der Waals surface area contributed by atoms with Crippen LogP contribution in [-0.2, 0) is 0 Å². The van der Waals surface area contributed by atoms with Crippen LogP contribution in [0, 0.1) is 26.1 Å². The molecule has 25 heavy (non-hydrogen) atoms. The first-order chi connectivity index (χ1) is 12.0. The van der Waals surface area contributed by atoms with Gasteiger partial charge in [-0.15, -0.1) is 0 Å². The Morgan fingerprint density at radius 3 is 2.32 bits per heavy atom. The summed E-state index contributed by atoms with van der Waals surface area (Å²) >= 11 is 0. The van der Waals surface area contributed by atoms with Gasteiger partial charge in [0.15, 0.2) is 0 Å². The van der Waals surface area contributed by atoms with Gasteiger partial charge >= 0.3 is 0 Å². The van der Waals surface area contributed by atoms with Crippen LogP contribution in [0.3, 0.4) is 0 Å². The second kappa shape index (κ2) is 5.70. The summed E-state index contributed by atoms with van der Waals surface area (Å²) in [6.07, 6.45) is 5.18. The molecule has 0 fully saturated rings. The fourth-order valence-electron chi connectivity index (χ4n) is 3.83. The van der Waals surface area contributed by atoms with E-state index >= 15 is 0 Å². The predicted molar refractivity (Wildman–Crippen MR) is 92.5 cm³/mol. The molecular weight excluding hydrogens is 322 g/mol. The third-order valence-corrected chi connectivity index (χ3v) is 5.02. The second-order valence-corrected chi connectivity index (χ2v) is 6.35.